The third-order valence-corrected chi connectivity index (χ3v) is 10.8. The number of thiazole rings is 1. The molecule has 2 amide bonds. The van der Waals surface area contributed by atoms with Crippen LogP contribution in [0.4, 0.5) is 5.13 Å². The Balaban J connectivity index is 1.22. The molecule has 260 valence electrons. The fourth-order valence-electron chi connectivity index (χ4n) is 6.24. The summed E-state index contributed by atoms with van der Waals surface area (Å²) in [5, 5.41) is 18.6. The molecular weight excluding hydrogens is 697 g/mol. The monoisotopic (exact) mass is 728 g/mol. The highest BCUT2D eigenvalue weighted by molar-refractivity contribution is 8.00. The number of anilines is 1. The summed E-state index contributed by atoms with van der Waals surface area (Å²) in [5.41, 5.74) is 8.91. The van der Waals surface area contributed by atoms with Gasteiger partial charge in [0.15, 0.2) is 10.8 Å². The number of allylic oxidation sites excluding steroid dienone is 1. The Morgan fingerprint density at radius 2 is 1.58 bits per heavy atom. The Morgan fingerprint density at radius 3 is 2.12 bits per heavy atom. The molecule has 0 saturated carbocycles. The lowest BCUT2D eigenvalue weighted by Crippen LogP contribution is -2.71. The van der Waals surface area contributed by atoms with E-state index in [1.165, 1.54) is 16.7 Å². The number of fused-ring (bicyclic) bond motifs is 1. The first-order valence-corrected chi connectivity index (χ1v) is 18.2. The molecule has 3 aromatic carbocycles. The van der Waals surface area contributed by atoms with Gasteiger partial charge in [0.05, 0.1) is 0 Å². The molecule has 0 radical (unpaired) electrons. The lowest BCUT2D eigenvalue weighted by atomic mass is 9.80. The quantitative estimate of drug-likeness (QED) is 0.0682. The first kappa shape index (κ1) is 34.4. The molecule has 11 nitrogen and oxygen atoms in total. The predicted molar refractivity (Wildman–Crippen MR) is 201 cm³/mol. The first-order valence-electron chi connectivity index (χ1n) is 16.2. The van der Waals surface area contributed by atoms with Gasteiger partial charge in [-0.25, -0.2) is 9.78 Å². The highest BCUT2D eigenvalue weighted by Crippen LogP contribution is 2.42. The number of benzene rings is 3. The molecule has 0 bridgehead atoms. The van der Waals surface area contributed by atoms with Crippen molar-refractivity contribution in [1.82, 2.24) is 20.2 Å². The summed E-state index contributed by atoms with van der Waals surface area (Å²) in [5.74, 6) is -2.22. The van der Waals surface area contributed by atoms with E-state index >= 15 is 0 Å². The maximum absolute atomic E-state index is 14.2. The number of carbonyl (C=O) groups excluding carboxylic acids is 2. The fraction of sp³-hybridized carbons (Fsp3) is 0.128. The average Bonchev–Trinajstić information content (AvgIpc) is 3.61. The number of carboxylic acids is 1. The summed E-state index contributed by atoms with van der Waals surface area (Å²) in [6.07, 6.45) is 5.16. The van der Waals surface area contributed by atoms with E-state index in [4.69, 9.17) is 10.6 Å². The van der Waals surface area contributed by atoms with Crippen LogP contribution in [0.3, 0.4) is 0 Å². The van der Waals surface area contributed by atoms with Gasteiger partial charge < -0.3 is 21.0 Å². The molecule has 2 aliphatic heterocycles. The van der Waals surface area contributed by atoms with Crippen molar-refractivity contribution >= 4 is 57.8 Å². The van der Waals surface area contributed by atoms with Gasteiger partial charge in [-0.1, -0.05) is 114 Å². The molecule has 2 atom stereocenters. The molecule has 1 fully saturated rings. The molecular formula is C39H32N6O5S2. The smallest absolute Gasteiger partial charge is 0.352 e. The van der Waals surface area contributed by atoms with Crippen LogP contribution >= 0.6 is 23.1 Å². The highest BCUT2D eigenvalue weighted by atomic mass is 32.2. The number of thioether (sulfide) groups is 1. The number of oxime groups is 1. The van der Waals surface area contributed by atoms with Crippen LogP contribution in [-0.2, 0) is 24.8 Å². The molecule has 0 unspecified atom stereocenters. The van der Waals surface area contributed by atoms with Crippen molar-refractivity contribution in [2.75, 3.05) is 11.5 Å². The van der Waals surface area contributed by atoms with Crippen LogP contribution in [0.5, 0.6) is 0 Å². The van der Waals surface area contributed by atoms with Crippen LogP contribution in [0.1, 0.15) is 33.6 Å². The van der Waals surface area contributed by atoms with Gasteiger partial charge in [-0.15, -0.1) is 23.1 Å². The van der Waals surface area contributed by atoms with Gasteiger partial charge in [0.1, 0.15) is 22.8 Å². The molecule has 2 aromatic heterocycles. The van der Waals surface area contributed by atoms with E-state index in [1.807, 2.05) is 104 Å². The third-order valence-electron chi connectivity index (χ3n) is 8.79. The van der Waals surface area contributed by atoms with Gasteiger partial charge in [0, 0.05) is 39.7 Å². The molecule has 4 heterocycles. The summed E-state index contributed by atoms with van der Waals surface area (Å²) in [7, 11) is 0. The number of amides is 2. The summed E-state index contributed by atoms with van der Waals surface area (Å²) < 4.78 is 0. The third kappa shape index (κ3) is 6.47. The number of aliphatic carboxylic acids is 1. The van der Waals surface area contributed by atoms with Crippen LogP contribution in [0.2, 0.25) is 0 Å². The maximum Gasteiger partial charge on any atom is 0.352 e. The molecule has 5 aromatic rings. The summed E-state index contributed by atoms with van der Waals surface area (Å²) in [6, 6.07) is 31.3. The number of aromatic nitrogens is 2. The minimum Gasteiger partial charge on any atom is -0.477 e. The van der Waals surface area contributed by atoms with Crippen molar-refractivity contribution < 1.29 is 24.3 Å². The van der Waals surface area contributed by atoms with Crippen molar-refractivity contribution in [3.05, 3.63) is 166 Å². The summed E-state index contributed by atoms with van der Waals surface area (Å²) in [4.78, 5) is 56.7. The highest BCUT2D eigenvalue weighted by Gasteiger charge is 2.54. The number of hydrogen-bond donors (Lipinski definition) is 3. The minimum absolute atomic E-state index is 0.125. The van der Waals surface area contributed by atoms with Gasteiger partial charge >= 0.3 is 5.97 Å². The number of nitrogen functional groups attached to an aromatic ring is 1. The summed E-state index contributed by atoms with van der Waals surface area (Å²) in [6.45, 7) is 1.86. The Bertz CT molecular complexity index is 2130. The van der Waals surface area contributed by atoms with E-state index in [0.717, 1.165) is 39.3 Å². The lowest BCUT2D eigenvalue weighted by Gasteiger charge is -2.49. The van der Waals surface area contributed by atoms with Crippen molar-refractivity contribution in [2.24, 2.45) is 5.16 Å². The molecule has 13 heteroatoms. The second-order valence-corrected chi connectivity index (χ2v) is 13.9. The standard InChI is InChI=1S/C39H32N6O5S2/c1-24-25(12-11-21-41-24)19-20-26-22-51-36-32(35(47)45(36)33(26)37(48)49)43-34(46)31(30-23-52-38(40)42-30)44-50-39(27-13-5-2-6-14-27,28-15-7-3-8-16-28)29-17-9-4-10-18-29/h2-21,23,32,36H,22H2,1H3,(H2,40,42)(H,43,46)(H,48,49)/b20-19-,44-31+/t32-,36-/m1/s1. The average molecular weight is 729 g/mol. The Hall–Kier alpha value is -6.05. The van der Waals surface area contributed by atoms with Crippen LogP contribution in [0.25, 0.3) is 6.08 Å². The lowest BCUT2D eigenvalue weighted by molar-refractivity contribution is -0.150. The van der Waals surface area contributed by atoms with Gasteiger partial charge in [-0.3, -0.25) is 19.5 Å². The second kappa shape index (κ2) is 14.7. The van der Waals surface area contributed by atoms with Crippen molar-refractivity contribution in [3.63, 3.8) is 0 Å². The first-order chi connectivity index (χ1) is 25.3. The second-order valence-electron chi connectivity index (χ2n) is 11.9. The summed E-state index contributed by atoms with van der Waals surface area (Å²) >= 11 is 2.48. The van der Waals surface area contributed by atoms with E-state index in [9.17, 15) is 19.5 Å². The Kier molecular flexibility index (Phi) is 9.70. The van der Waals surface area contributed by atoms with E-state index in [2.05, 4.69) is 20.4 Å². The molecule has 2 aliphatic rings. The number of hydrogen-bond acceptors (Lipinski definition) is 10. The number of aryl methyl sites for hydroxylation is 1. The minimum atomic E-state index is -1.29. The molecule has 0 spiro atoms. The fourth-order valence-corrected chi connectivity index (χ4v) is 8.10. The number of nitrogens with two attached hydrogens (primary N) is 1. The number of nitrogens with one attached hydrogen (secondary N) is 1. The predicted octanol–water partition coefficient (Wildman–Crippen LogP) is 5.59. The van der Waals surface area contributed by atoms with Gasteiger partial charge in [0.25, 0.3) is 11.8 Å². The topological polar surface area (TPSA) is 160 Å². The van der Waals surface area contributed by atoms with E-state index in [1.54, 1.807) is 29.8 Å². The number of carboxylic acid groups (broad SMARTS) is 1. The van der Waals surface area contributed by atoms with Crippen LogP contribution < -0.4 is 11.1 Å². The number of rotatable bonds is 11. The largest absolute Gasteiger partial charge is 0.477 e. The van der Waals surface area contributed by atoms with Crippen molar-refractivity contribution in [1.29, 1.82) is 0 Å². The molecule has 52 heavy (non-hydrogen) atoms. The van der Waals surface area contributed by atoms with Crippen LogP contribution in [0.15, 0.2) is 137 Å². The van der Waals surface area contributed by atoms with Gasteiger partial charge in [0.2, 0.25) is 5.60 Å². The number of pyridine rings is 1. The molecule has 1 saturated heterocycles. The molecule has 0 aliphatic carbocycles. The number of nitrogens with zero attached hydrogens (tertiary/aromatic N) is 4. The normalized spacial score (nSPS) is 17.4. The maximum atomic E-state index is 14.2. The van der Waals surface area contributed by atoms with Gasteiger partial charge in [-0.2, -0.15) is 0 Å². The van der Waals surface area contributed by atoms with Crippen molar-refractivity contribution in [2.45, 2.75) is 23.9 Å². The molecule has 7 rings (SSSR count). The van der Waals surface area contributed by atoms with Crippen molar-refractivity contribution in [3.8, 4) is 0 Å². The van der Waals surface area contributed by atoms with E-state index in [0.29, 0.717) is 11.3 Å². The zero-order chi connectivity index (χ0) is 36.2. The Morgan fingerprint density at radius 1 is 0.962 bits per heavy atom. The van der Waals surface area contributed by atoms with Gasteiger partial charge in [-0.05, 0) is 24.1 Å². The zero-order valence-corrected chi connectivity index (χ0v) is 29.4. The van der Waals surface area contributed by atoms with E-state index in [-0.39, 0.29) is 22.2 Å². The SMILES string of the molecule is Cc1ncccc1/C=C\C1=C(C(=O)O)N2C(=O)[C@@H](NC(=O)/C(=N/OC(c3ccccc3)(c3ccccc3)c3ccccc3)c3csc(N)n3)[C@H]2SC1. The zero-order valence-electron chi connectivity index (χ0n) is 27.7. The Labute approximate surface area is 307 Å². The number of carbonyl (C=O) groups is 3. The van der Waals surface area contributed by atoms with E-state index < -0.39 is 34.8 Å². The van der Waals surface area contributed by atoms with Crippen LogP contribution in [-0.4, -0.2) is 60.6 Å². The van der Waals surface area contributed by atoms with Crippen LogP contribution in [0, 0.1) is 6.92 Å². The number of β-lactam (4-membered cyclic amide) rings is 1. The molecule has 4 N–H and O–H groups in total.